The van der Waals surface area contributed by atoms with Crippen molar-refractivity contribution < 1.29 is 8.83 Å². The molecule has 6 rings (SSSR count). The molecule has 0 saturated heterocycles. The van der Waals surface area contributed by atoms with Crippen LogP contribution in [-0.4, -0.2) is 0 Å². The average Bonchev–Trinajstić information content (AvgIpc) is 3.25. The van der Waals surface area contributed by atoms with E-state index in [0.29, 0.717) is 0 Å². The molecule has 2 heterocycles. The van der Waals surface area contributed by atoms with Crippen LogP contribution in [0.15, 0.2) is 81.6 Å². The summed E-state index contributed by atoms with van der Waals surface area (Å²) >= 11 is 0. The number of hydrogen-bond donors (Lipinski definition) is 0. The molecule has 6 aromatic rings. The smallest absolute Gasteiger partial charge is 0.136 e. The lowest BCUT2D eigenvalue weighted by atomic mass is 9.99. The molecule has 0 bridgehead atoms. The van der Waals surface area contributed by atoms with Crippen molar-refractivity contribution in [2.45, 2.75) is 6.92 Å². The summed E-state index contributed by atoms with van der Waals surface area (Å²) in [5.41, 5.74) is 4.84. The average molecular weight is 348 g/mol. The van der Waals surface area contributed by atoms with Gasteiger partial charge in [-0.3, -0.25) is 0 Å². The Morgan fingerprint density at radius 1 is 0.593 bits per heavy atom. The molecule has 0 N–H and O–H groups in total. The zero-order valence-corrected chi connectivity index (χ0v) is 14.8. The van der Waals surface area contributed by atoms with E-state index in [0.717, 1.165) is 38.7 Å². The van der Waals surface area contributed by atoms with Crippen molar-refractivity contribution in [3.63, 3.8) is 0 Å². The monoisotopic (exact) mass is 348 g/mol. The fourth-order valence-electron chi connectivity index (χ4n) is 4.22. The molecule has 0 aliphatic heterocycles. The third-order valence-corrected chi connectivity index (χ3v) is 5.35. The lowest BCUT2D eigenvalue weighted by Gasteiger charge is -2.01. The molecule has 0 radical (unpaired) electrons. The SMILES string of the molecule is C/C=C/c1ccc2c(c1)oc1ccc3c(ccc4oc5ccccc5c43)c12. The minimum atomic E-state index is 0.919. The maximum atomic E-state index is 6.17. The van der Waals surface area contributed by atoms with Gasteiger partial charge in [-0.15, -0.1) is 0 Å². The summed E-state index contributed by atoms with van der Waals surface area (Å²) in [5.74, 6) is 0. The van der Waals surface area contributed by atoms with Gasteiger partial charge >= 0.3 is 0 Å². The highest BCUT2D eigenvalue weighted by molar-refractivity contribution is 6.27. The van der Waals surface area contributed by atoms with E-state index in [-0.39, 0.29) is 0 Å². The summed E-state index contributed by atoms with van der Waals surface area (Å²) in [6.07, 6.45) is 4.13. The van der Waals surface area contributed by atoms with E-state index < -0.39 is 0 Å². The van der Waals surface area contributed by atoms with Gasteiger partial charge in [0.2, 0.25) is 0 Å². The Hall–Kier alpha value is -3.52. The summed E-state index contributed by atoms with van der Waals surface area (Å²) in [7, 11) is 0. The van der Waals surface area contributed by atoms with E-state index in [9.17, 15) is 0 Å². The molecule has 0 aliphatic carbocycles. The molecule has 4 aromatic carbocycles. The van der Waals surface area contributed by atoms with E-state index in [1.165, 1.54) is 21.5 Å². The molecule has 0 unspecified atom stereocenters. The molecule has 0 saturated carbocycles. The van der Waals surface area contributed by atoms with Gasteiger partial charge in [0.05, 0.1) is 0 Å². The first-order chi connectivity index (χ1) is 13.3. The number of allylic oxidation sites excluding steroid dienone is 1. The predicted octanol–water partition coefficient (Wildman–Crippen LogP) is 7.67. The van der Waals surface area contributed by atoms with Gasteiger partial charge in [0.15, 0.2) is 0 Å². The van der Waals surface area contributed by atoms with Crippen molar-refractivity contribution in [2.24, 2.45) is 0 Å². The Morgan fingerprint density at radius 2 is 1.22 bits per heavy atom. The minimum absolute atomic E-state index is 0.919. The molecule has 0 spiro atoms. The van der Waals surface area contributed by atoms with E-state index in [2.05, 4.69) is 60.7 Å². The van der Waals surface area contributed by atoms with Crippen LogP contribution < -0.4 is 0 Å². The van der Waals surface area contributed by atoms with Gasteiger partial charge in [-0.1, -0.05) is 36.4 Å². The lowest BCUT2D eigenvalue weighted by Crippen LogP contribution is -1.77. The van der Waals surface area contributed by atoms with E-state index in [4.69, 9.17) is 8.83 Å². The van der Waals surface area contributed by atoms with Gasteiger partial charge in [0.1, 0.15) is 22.3 Å². The van der Waals surface area contributed by atoms with Crippen LogP contribution in [0.5, 0.6) is 0 Å². The van der Waals surface area contributed by atoms with Gasteiger partial charge in [-0.2, -0.15) is 0 Å². The molecular formula is C25H16O2. The number of rotatable bonds is 1. The number of para-hydroxylation sites is 1. The molecule has 2 nitrogen and oxygen atoms in total. The fourth-order valence-corrected chi connectivity index (χ4v) is 4.22. The van der Waals surface area contributed by atoms with E-state index in [1.807, 2.05) is 25.1 Å². The molecule has 128 valence electrons. The van der Waals surface area contributed by atoms with Gasteiger partial charge in [-0.25, -0.2) is 0 Å². The number of benzene rings is 4. The van der Waals surface area contributed by atoms with Crippen LogP contribution in [0.25, 0.3) is 60.7 Å². The third kappa shape index (κ3) is 1.95. The second-order valence-electron chi connectivity index (χ2n) is 6.93. The van der Waals surface area contributed by atoms with E-state index in [1.54, 1.807) is 0 Å². The number of fused-ring (bicyclic) bond motifs is 9. The lowest BCUT2D eigenvalue weighted by molar-refractivity contribution is 0.668. The first kappa shape index (κ1) is 14.6. The van der Waals surface area contributed by atoms with Gasteiger partial charge in [0.25, 0.3) is 0 Å². The van der Waals surface area contributed by atoms with Crippen LogP contribution in [0.4, 0.5) is 0 Å². The summed E-state index contributed by atoms with van der Waals surface area (Å²) in [6, 6.07) is 23.1. The Morgan fingerprint density at radius 3 is 1.96 bits per heavy atom. The molecule has 0 amide bonds. The normalized spacial score (nSPS) is 12.5. The van der Waals surface area contributed by atoms with Gasteiger partial charge in [-0.05, 0) is 65.7 Å². The standard InChI is InChI=1S/C25H16O2/c1-2-5-15-8-9-19-23(14-15)27-22-13-11-16-17(25(19)22)10-12-21-24(16)18-6-3-4-7-20(18)26-21/h2-14H,1H3/b5-2+. The molecule has 0 atom stereocenters. The van der Waals surface area contributed by atoms with Crippen molar-refractivity contribution in [2.75, 3.05) is 0 Å². The first-order valence-electron chi connectivity index (χ1n) is 9.15. The molecule has 27 heavy (non-hydrogen) atoms. The molecular weight excluding hydrogens is 332 g/mol. The van der Waals surface area contributed by atoms with Crippen molar-refractivity contribution >= 4 is 60.7 Å². The summed E-state index contributed by atoms with van der Waals surface area (Å²) < 4.78 is 12.2. The largest absolute Gasteiger partial charge is 0.456 e. The Bertz CT molecular complexity index is 1530. The predicted molar refractivity (Wildman–Crippen MR) is 113 cm³/mol. The van der Waals surface area contributed by atoms with Gasteiger partial charge < -0.3 is 8.83 Å². The Kier molecular flexibility index (Phi) is 2.84. The minimum Gasteiger partial charge on any atom is -0.456 e. The van der Waals surface area contributed by atoms with Crippen molar-refractivity contribution in [1.29, 1.82) is 0 Å². The zero-order chi connectivity index (χ0) is 18.0. The van der Waals surface area contributed by atoms with Crippen LogP contribution in [0.2, 0.25) is 0 Å². The Balaban J connectivity index is 1.80. The highest BCUT2D eigenvalue weighted by Crippen LogP contribution is 2.40. The molecule has 2 heteroatoms. The van der Waals surface area contributed by atoms with Crippen LogP contribution in [-0.2, 0) is 0 Å². The van der Waals surface area contributed by atoms with Crippen LogP contribution >= 0.6 is 0 Å². The van der Waals surface area contributed by atoms with Crippen molar-refractivity contribution in [3.8, 4) is 0 Å². The van der Waals surface area contributed by atoms with Gasteiger partial charge in [0, 0.05) is 21.5 Å². The number of hydrogen-bond acceptors (Lipinski definition) is 2. The van der Waals surface area contributed by atoms with Crippen LogP contribution in [0, 0.1) is 0 Å². The second kappa shape index (κ2) is 5.24. The summed E-state index contributed by atoms with van der Waals surface area (Å²) in [4.78, 5) is 0. The van der Waals surface area contributed by atoms with E-state index >= 15 is 0 Å². The second-order valence-corrected chi connectivity index (χ2v) is 6.93. The highest BCUT2D eigenvalue weighted by atomic mass is 16.3. The Labute approximate surface area is 155 Å². The van der Waals surface area contributed by atoms with Crippen molar-refractivity contribution in [1.82, 2.24) is 0 Å². The quantitative estimate of drug-likeness (QED) is 0.305. The maximum Gasteiger partial charge on any atom is 0.136 e. The maximum absolute atomic E-state index is 6.17. The topological polar surface area (TPSA) is 26.3 Å². The summed E-state index contributed by atoms with van der Waals surface area (Å²) in [6.45, 7) is 2.02. The van der Waals surface area contributed by atoms with Crippen LogP contribution in [0.1, 0.15) is 12.5 Å². The molecule has 0 aliphatic rings. The molecule has 2 aromatic heterocycles. The third-order valence-electron chi connectivity index (χ3n) is 5.35. The van der Waals surface area contributed by atoms with Crippen molar-refractivity contribution in [3.05, 3.63) is 78.4 Å². The summed E-state index contributed by atoms with van der Waals surface area (Å²) in [5, 5.41) is 7.04. The molecule has 0 fully saturated rings. The fraction of sp³-hybridized carbons (Fsp3) is 0.0400. The van der Waals surface area contributed by atoms with Crippen LogP contribution in [0.3, 0.4) is 0 Å². The zero-order valence-electron chi connectivity index (χ0n) is 14.8. The highest BCUT2D eigenvalue weighted by Gasteiger charge is 2.15. The number of furan rings is 2. The first-order valence-corrected chi connectivity index (χ1v) is 9.15.